The van der Waals surface area contributed by atoms with Gasteiger partial charge in [-0.05, 0) is 0 Å². The average molecular weight is 112 g/mol. The first kappa shape index (κ1) is 554. The second kappa shape index (κ2) is 168. The maximum Gasteiger partial charge on any atom is 0 e. The van der Waals surface area contributed by atoms with Gasteiger partial charge in [0, 0.05) is 17.1 Å². The third-order valence-corrected chi connectivity index (χ3v) is 0. The van der Waals surface area contributed by atoms with Crippen LogP contribution in [0.1, 0.15) is 7.13 Å². The average Bonchev–Trinajstić information content (AvgIpc) is 1.00. The largest absolute Gasteiger partial charge is 0.870 e. The first-order valence-electron chi connectivity index (χ1n) is 0.167. The normalized spacial score (nSPS) is 0.667. The molecule has 6 heteroatoms. The number of hydrogen-bond acceptors (Lipinski definition) is 4. The molecule has 0 aliphatic heterocycles. The Bertz CT molecular complexity index is 10.9. The summed E-state index contributed by atoms with van der Waals surface area (Å²) in [5.74, 6) is 0. The van der Waals surface area contributed by atoms with Gasteiger partial charge in [-0.25, -0.2) is 0 Å². The second-order valence-corrected chi connectivity index (χ2v) is 0. The lowest BCUT2D eigenvalue weighted by atomic mass is 15.3. The molecule has 0 aliphatic rings. The predicted molar refractivity (Wildman–Crippen MR) is 28.4 cm³/mol. The Morgan fingerprint density at radius 3 is 0.833 bits per heavy atom. The summed E-state index contributed by atoms with van der Waals surface area (Å²) >= 11 is 0. The van der Waals surface area contributed by atoms with Gasteiger partial charge < -0.3 is 21.9 Å². The summed E-state index contributed by atoms with van der Waals surface area (Å²) in [6.07, 6.45) is 0. The summed E-state index contributed by atoms with van der Waals surface area (Å²) in [4.78, 5) is 14.0. The fourth-order valence-corrected chi connectivity index (χ4v) is 0. The van der Waals surface area contributed by atoms with Crippen molar-refractivity contribution in [1.82, 2.24) is 0 Å². The fraction of sp³-hybridized carbons (Fsp3) is 0. The molecule has 0 rings (SSSR count). The lowest BCUT2D eigenvalue weighted by Crippen LogP contribution is -0.674. The van der Waals surface area contributed by atoms with Crippen LogP contribution in [-0.2, 0) is 0 Å². The Balaban J connectivity index is -0.000000000139. The van der Waals surface area contributed by atoms with E-state index in [-0.39, 0.29) is 29.0 Å². The maximum absolute atomic E-state index is 7.00. The zero-order chi connectivity index (χ0) is 2.00. The molecule has 0 heterocycles. The van der Waals surface area contributed by atoms with Crippen molar-refractivity contribution < 1.29 is 29.0 Å². The summed E-state index contributed by atoms with van der Waals surface area (Å²) in [5, 5.41) is 0. The van der Waals surface area contributed by atoms with E-state index >= 15 is 0 Å². The zero-order valence-corrected chi connectivity index (χ0v) is 2.71. The summed E-state index contributed by atoms with van der Waals surface area (Å²) < 4.78 is 0. The molecule has 0 aromatic rings. The summed E-state index contributed by atoms with van der Waals surface area (Å²) in [6.45, 7) is 0. The maximum atomic E-state index is 7.00. The summed E-state index contributed by atoms with van der Waals surface area (Å²) in [5.41, 5.74) is 0. The molecule has 0 spiro atoms. The Hall–Kier alpha value is -0.560. The Kier molecular flexibility index (Phi) is 15500. The van der Waals surface area contributed by atoms with Crippen LogP contribution in [0.4, 0.5) is 0 Å². The number of hydrogen-bond donors (Lipinski definition) is 0. The molecule has 54 valence electrons. The molecule has 0 amide bonds. The molecule has 0 saturated carbocycles. The van der Waals surface area contributed by atoms with E-state index in [0.717, 1.165) is 0 Å². The van der Waals surface area contributed by atoms with Gasteiger partial charge in [0.05, 0.1) is 0 Å². The van der Waals surface area contributed by atoms with Crippen LogP contribution in [-0.4, -0.2) is 21.9 Å². The highest BCUT2D eigenvalue weighted by molar-refractivity contribution is 4.07. The van der Waals surface area contributed by atoms with Crippen LogP contribution in [0.3, 0.4) is 0 Å². The van der Waals surface area contributed by atoms with Gasteiger partial charge in [0.15, 0.2) is 0 Å². The van der Waals surface area contributed by atoms with Crippen molar-refractivity contribution in [3.63, 3.8) is 0 Å². The van der Waals surface area contributed by atoms with Crippen LogP contribution in [0.2, 0.25) is 0 Å². The molecule has 0 bridgehead atoms. The Labute approximate surface area is 40.7 Å². The highest BCUT2D eigenvalue weighted by Crippen LogP contribution is 0.741. The van der Waals surface area contributed by atoms with E-state index in [4.69, 9.17) is 9.93 Å². The Morgan fingerprint density at radius 1 is 0.833 bits per heavy atom. The minimum absolute atomic E-state index is 0. The van der Waals surface area contributed by atoms with Crippen LogP contribution in [0.25, 0.3) is 0 Å². The van der Waals surface area contributed by atoms with Crippen molar-refractivity contribution in [3.8, 4) is 0 Å². The van der Waals surface area contributed by atoms with Crippen LogP contribution in [0.5, 0.6) is 0 Å². The van der Waals surface area contributed by atoms with E-state index < -0.39 is 0 Å². The standard InChI is InChI=1S/O2.4H2O.5H2/c1-2;;;;;;;;;/h;4*1H2;5*1H/p-2. The highest BCUT2D eigenvalue weighted by Gasteiger charge is 0.707. The smallest absolute Gasteiger partial charge is 0 e. The van der Waals surface area contributed by atoms with Gasteiger partial charge in [0.2, 0.25) is 0 Å². The van der Waals surface area contributed by atoms with Crippen molar-refractivity contribution in [1.29, 1.82) is 0 Å². The lowest BCUT2D eigenvalue weighted by Gasteiger charge is -0.871. The molecule has 0 aromatic heterocycles. The SMILES string of the molecule is O.O.O=O.[HH].[HH].[HH].[HH].[HH].[OH-].[OH-]. The third-order valence-electron chi connectivity index (χ3n) is 0. The molecule has 0 fully saturated rings. The first-order valence-corrected chi connectivity index (χ1v) is 0.167. The van der Waals surface area contributed by atoms with E-state index in [9.17, 15) is 0 Å². The molecule has 6 nitrogen and oxygen atoms in total. The fourth-order valence-electron chi connectivity index (χ4n) is 0. The lowest BCUT2D eigenvalue weighted by molar-refractivity contribution is 0.823. The van der Waals surface area contributed by atoms with E-state index in [0.29, 0.717) is 0 Å². The van der Waals surface area contributed by atoms with E-state index in [2.05, 4.69) is 0 Å². The molecule has 0 aromatic carbocycles. The van der Waals surface area contributed by atoms with Crippen LogP contribution >= 0.6 is 0 Å². The van der Waals surface area contributed by atoms with E-state index in [1.807, 2.05) is 0 Å². The molecule has 6 N–H and O–H groups in total. The van der Waals surface area contributed by atoms with E-state index in [1.165, 1.54) is 0 Å². The van der Waals surface area contributed by atoms with Crippen LogP contribution < -0.4 is 0 Å². The Morgan fingerprint density at radius 2 is 0.833 bits per heavy atom. The molecule has 6 heavy (non-hydrogen) atoms. The van der Waals surface area contributed by atoms with Crippen molar-refractivity contribution in [2.45, 2.75) is 0 Å². The van der Waals surface area contributed by atoms with Crippen molar-refractivity contribution >= 4 is 0 Å². The zero-order valence-electron chi connectivity index (χ0n) is 2.71. The second-order valence-electron chi connectivity index (χ2n) is 0. The minimum atomic E-state index is 0. The van der Waals surface area contributed by atoms with Gasteiger partial charge in [0.25, 0.3) is 0 Å². The van der Waals surface area contributed by atoms with Gasteiger partial charge in [-0.2, -0.15) is 0 Å². The predicted octanol–water partition coefficient (Wildman–Crippen LogP) is -0.706. The van der Waals surface area contributed by atoms with Crippen LogP contribution in [0, 0.1) is 9.93 Å². The van der Waals surface area contributed by atoms with Gasteiger partial charge in [0.1, 0.15) is 0 Å². The molecule has 0 unspecified atom stereocenters. The summed E-state index contributed by atoms with van der Waals surface area (Å²) in [6, 6.07) is 0. The van der Waals surface area contributed by atoms with E-state index in [1.54, 1.807) is 0 Å². The third kappa shape index (κ3) is 65.3. The molecular formula is H16O6-2. The first-order chi connectivity index (χ1) is 1.00. The molecule has 0 atom stereocenters. The van der Waals surface area contributed by atoms with Crippen molar-refractivity contribution in [2.75, 3.05) is 0 Å². The summed E-state index contributed by atoms with van der Waals surface area (Å²) in [7, 11) is 0. The quantitative estimate of drug-likeness (QED) is 0.405. The topological polar surface area (TPSA) is 157 Å². The van der Waals surface area contributed by atoms with Crippen LogP contribution in [0.15, 0.2) is 0 Å². The molecular weight excluding hydrogens is 96.0 g/mol. The molecule has 0 radical (unpaired) electrons. The van der Waals surface area contributed by atoms with Gasteiger partial charge in [-0.1, -0.05) is 0 Å². The van der Waals surface area contributed by atoms with Crippen molar-refractivity contribution in [2.24, 2.45) is 0 Å². The highest BCUT2D eigenvalue weighted by atomic mass is 16.7. The van der Waals surface area contributed by atoms with Crippen molar-refractivity contribution in [3.05, 3.63) is 9.93 Å². The monoisotopic (exact) mass is 112 g/mol. The molecule has 0 saturated heterocycles. The molecule has 0 aliphatic carbocycles. The number of rotatable bonds is 0. The van der Waals surface area contributed by atoms with Gasteiger partial charge in [-0.3, -0.25) is 0 Å². The minimum Gasteiger partial charge on any atom is -0.870 e. The van der Waals surface area contributed by atoms with Gasteiger partial charge in [-0.15, -0.1) is 0 Å². The van der Waals surface area contributed by atoms with Gasteiger partial charge >= 0.3 is 0 Å².